The van der Waals surface area contributed by atoms with Crippen molar-refractivity contribution in [2.45, 2.75) is 71.2 Å². The van der Waals surface area contributed by atoms with Gasteiger partial charge in [-0.25, -0.2) is 0 Å². The Labute approximate surface area is 127 Å². The third kappa shape index (κ3) is 3.67. The number of carbonyl (C=O) groups excluding carboxylic acids is 1. The maximum atomic E-state index is 11.3. The highest BCUT2D eigenvalue weighted by Gasteiger charge is 2.48. The van der Waals surface area contributed by atoms with Gasteiger partial charge in [-0.3, -0.25) is 4.79 Å². The second-order valence-corrected chi connectivity index (χ2v) is 7.20. The van der Waals surface area contributed by atoms with Crippen LogP contribution in [0.1, 0.15) is 52.9 Å². The maximum Gasteiger partial charge on any atom is 0.306 e. The average Bonchev–Trinajstić information content (AvgIpc) is 2.89. The maximum absolute atomic E-state index is 11.3. The van der Waals surface area contributed by atoms with Gasteiger partial charge in [0.05, 0.1) is 18.6 Å². The van der Waals surface area contributed by atoms with Gasteiger partial charge in [0.1, 0.15) is 6.10 Å². The first-order chi connectivity index (χ1) is 9.85. The quantitative estimate of drug-likeness (QED) is 0.583. The second-order valence-electron chi connectivity index (χ2n) is 7.20. The number of carbonyl (C=O) groups is 1. The zero-order valence-electron chi connectivity index (χ0n) is 13.3. The second kappa shape index (κ2) is 6.49. The van der Waals surface area contributed by atoms with E-state index in [1.807, 2.05) is 6.08 Å². The third-order valence-electron chi connectivity index (χ3n) is 5.07. The van der Waals surface area contributed by atoms with Gasteiger partial charge in [-0.15, -0.1) is 0 Å². The van der Waals surface area contributed by atoms with E-state index in [0.717, 1.165) is 19.3 Å². The summed E-state index contributed by atoms with van der Waals surface area (Å²) in [5.74, 6) is -0.188. The molecule has 5 atom stereocenters. The van der Waals surface area contributed by atoms with Crippen molar-refractivity contribution in [3.8, 4) is 0 Å². The minimum absolute atomic E-state index is 0.0645. The predicted octanol–water partition coefficient (Wildman–Crippen LogP) is 2.43. The summed E-state index contributed by atoms with van der Waals surface area (Å²) in [5.41, 5.74) is -0.169. The minimum atomic E-state index is -0.534. The third-order valence-corrected chi connectivity index (χ3v) is 5.07. The van der Waals surface area contributed by atoms with E-state index >= 15 is 0 Å². The molecule has 0 radical (unpaired) electrons. The molecule has 4 nitrogen and oxygen atoms in total. The van der Waals surface area contributed by atoms with Gasteiger partial charge >= 0.3 is 5.97 Å². The predicted molar refractivity (Wildman–Crippen MR) is 80.6 cm³/mol. The molecule has 120 valence electrons. The largest absolute Gasteiger partial charge is 0.462 e. The van der Waals surface area contributed by atoms with Gasteiger partial charge in [-0.1, -0.05) is 45.8 Å². The van der Waals surface area contributed by atoms with Crippen LogP contribution in [0, 0.1) is 17.3 Å². The lowest BCUT2D eigenvalue weighted by Gasteiger charge is -2.29. The fourth-order valence-corrected chi connectivity index (χ4v) is 3.46. The molecular formula is C17H28O4. The Morgan fingerprint density at radius 2 is 2.19 bits per heavy atom. The Balaban J connectivity index is 1.98. The molecule has 0 spiro atoms. The molecular weight excluding hydrogens is 268 g/mol. The number of hydrogen-bond donors (Lipinski definition) is 2. The van der Waals surface area contributed by atoms with E-state index in [1.54, 1.807) is 6.08 Å². The number of ether oxygens (including phenoxy) is 1. The Bertz CT molecular complexity index is 402. The van der Waals surface area contributed by atoms with Crippen LogP contribution in [0.2, 0.25) is 0 Å². The lowest BCUT2D eigenvalue weighted by atomic mass is 9.80. The van der Waals surface area contributed by atoms with Gasteiger partial charge in [-0.05, 0) is 11.8 Å². The highest BCUT2D eigenvalue weighted by molar-refractivity contribution is 5.72. The van der Waals surface area contributed by atoms with Crippen LogP contribution < -0.4 is 0 Å². The molecule has 1 aliphatic carbocycles. The summed E-state index contributed by atoms with van der Waals surface area (Å²) in [6.07, 6.45) is 6.62. The monoisotopic (exact) mass is 296 g/mol. The molecule has 0 aromatic carbocycles. The van der Waals surface area contributed by atoms with Crippen molar-refractivity contribution >= 4 is 5.97 Å². The van der Waals surface area contributed by atoms with E-state index < -0.39 is 12.2 Å². The fraction of sp³-hybridized carbons (Fsp3) is 0.824. The Hall–Kier alpha value is -0.870. The van der Waals surface area contributed by atoms with Crippen molar-refractivity contribution in [1.82, 2.24) is 0 Å². The molecule has 1 heterocycles. The van der Waals surface area contributed by atoms with Gasteiger partial charge in [0.25, 0.3) is 0 Å². The van der Waals surface area contributed by atoms with Crippen LogP contribution in [0.3, 0.4) is 0 Å². The zero-order valence-corrected chi connectivity index (χ0v) is 13.3. The number of rotatable bonds is 6. The molecule has 0 aromatic rings. The van der Waals surface area contributed by atoms with Crippen molar-refractivity contribution < 1.29 is 19.7 Å². The van der Waals surface area contributed by atoms with Crippen LogP contribution in [0.15, 0.2) is 12.2 Å². The smallest absolute Gasteiger partial charge is 0.306 e. The molecule has 4 heteroatoms. The SMILES string of the molecule is CCCCC(C)(C)[C@H](O)C=C[C@H]1[C@@H]2CC(=O)O[C@@H]2C[C@@H]1O. The van der Waals surface area contributed by atoms with E-state index in [1.165, 1.54) is 0 Å². The number of aliphatic hydroxyl groups is 2. The van der Waals surface area contributed by atoms with Gasteiger partial charge in [0, 0.05) is 18.3 Å². The van der Waals surface area contributed by atoms with Gasteiger partial charge in [0.2, 0.25) is 0 Å². The van der Waals surface area contributed by atoms with Crippen molar-refractivity contribution in [2.75, 3.05) is 0 Å². The van der Waals surface area contributed by atoms with E-state index in [2.05, 4.69) is 20.8 Å². The van der Waals surface area contributed by atoms with Crippen LogP contribution in [0.5, 0.6) is 0 Å². The van der Waals surface area contributed by atoms with Crippen molar-refractivity contribution in [1.29, 1.82) is 0 Å². The molecule has 2 rings (SSSR count). The molecule has 0 unspecified atom stereocenters. The standard InChI is InChI=1S/C17H28O4/c1-4-5-8-17(2,3)15(19)7-6-11-12-9-16(20)21-14(12)10-13(11)18/h6-7,11-15,18-19H,4-5,8-10H2,1-3H3/t11-,12-,13-,14+,15+/m0/s1. The number of aliphatic hydroxyl groups excluding tert-OH is 2. The minimum Gasteiger partial charge on any atom is -0.462 e. The summed E-state index contributed by atoms with van der Waals surface area (Å²) in [7, 11) is 0. The molecule has 1 saturated carbocycles. The zero-order chi connectivity index (χ0) is 15.6. The first-order valence-electron chi connectivity index (χ1n) is 8.09. The highest BCUT2D eigenvalue weighted by Crippen LogP contribution is 2.42. The van der Waals surface area contributed by atoms with E-state index in [0.29, 0.717) is 12.8 Å². The van der Waals surface area contributed by atoms with Gasteiger partial charge in [-0.2, -0.15) is 0 Å². The van der Waals surface area contributed by atoms with E-state index in [9.17, 15) is 15.0 Å². The summed E-state index contributed by atoms with van der Waals surface area (Å²) >= 11 is 0. The van der Waals surface area contributed by atoms with Crippen LogP contribution in [-0.4, -0.2) is 34.5 Å². The van der Waals surface area contributed by atoms with Crippen LogP contribution in [0.25, 0.3) is 0 Å². The summed E-state index contributed by atoms with van der Waals surface area (Å²) in [6.45, 7) is 6.27. The lowest BCUT2D eigenvalue weighted by molar-refractivity contribution is -0.141. The molecule has 0 aromatic heterocycles. The molecule has 0 bridgehead atoms. The normalized spacial score (nSPS) is 34.2. The Morgan fingerprint density at radius 3 is 2.86 bits per heavy atom. The first kappa shape index (κ1) is 16.5. The van der Waals surface area contributed by atoms with Crippen LogP contribution in [0.4, 0.5) is 0 Å². The fourth-order valence-electron chi connectivity index (χ4n) is 3.46. The highest BCUT2D eigenvalue weighted by atomic mass is 16.6. The summed E-state index contributed by atoms with van der Waals surface area (Å²) in [6, 6.07) is 0. The van der Waals surface area contributed by atoms with Crippen molar-refractivity contribution in [2.24, 2.45) is 17.3 Å². The molecule has 2 fully saturated rings. The summed E-state index contributed by atoms with van der Waals surface area (Å²) in [5, 5.41) is 20.5. The van der Waals surface area contributed by atoms with Gasteiger partial charge < -0.3 is 14.9 Å². The number of esters is 1. The molecule has 2 N–H and O–H groups in total. The van der Waals surface area contributed by atoms with E-state index in [-0.39, 0.29) is 29.3 Å². The number of unbranched alkanes of at least 4 members (excludes halogenated alkanes) is 1. The summed E-state index contributed by atoms with van der Waals surface area (Å²) in [4.78, 5) is 11.3. The van der Waals surface area contributed by atoms with Crippen molar-refractivity contribution in [3.63, 3.8) is 0 Å². The Morgan fingerprint density at radius 1 is 1.48 bits per heavy atom. The molecule has 0 amide bonds. The average molecular weight is 296 g/mol. The summed E-state index contributed by atoms with van der Waals surface area (Å²) < 4.78 is 5.22. The van der Waals surface area contributed by atoms with E-state index in [4.69, 9.17) is 4.74 Å². The number of fused-ring (bicyclic) bond motifs is 1. The topological polar surface area (TPSA) is 66.8 Å². The molecule has 21 heavy (non-hydrogen) atoms. The van der Waals surface area contributed by atoms with Crippen molar-refractivity contribution in [3.05, 3.63) is 12.2 Å². The Kier molecular flexibility index (Phi) is 5.10. The van der Waals surface area contributed by atoms with Crippen LogP contribution >= 0.6 is 0 Å². The number of hydrogen-bond acceptors (Lipinski definition) is 4. The molecule has 1 aliphatic heterocycles. The first-order valence-corrected chi connectivity index (χ1v) is 8.09. The lowest BCUT2D eigenvalue weighted by Crippen LogP contribution is -2.28. The molecule has 2 aliphatic rings. The van der Waals surface area contributed by atoms with Gasteiger partial charge in [0.15, 0.2) is 0 Å². The molecule has 1 saturated heterocycles. The van der Waals surface area contributed by atoms with Crippen LogP contribution in [-0.2, 0) is 9.53 Å².